The molecule has 0 aromatic heterocycles. The zero-order valence-electron chi connectivity index (χ0n) is 13.8. The van der Waals surface area contributed by atoms with Crippen LogP contribution in [0.1, 0.15) is 18.4 Å². The lowest BCUT2D eigenvalue weighted by atomic mass is 9.97. The molecule has 2 saturated heterocycles. The molecule has 1 aromatic carbocycles. The van der Waals surface area contributed by atoms with Crippen LogP contribution >= 0.6 is 0 Å². The minimum Gasteiger partial charge on any atom is -0.434 e. The predicted molar refractivity (Wildman–Crippen MR) is 87.1 cm³/mol. The van der Waals surface area contributed by atoms with Gasteiger partial charge < -0.3 is 19.1 Å². The van der Waals surface area contributed by atoms with Crippen molar-refractivity contribution in [3.05, 3.63) is 35.9 Å². The molecular formula is C18H21F2NO4. The third kappa shape index (κ3) is 4.76. The molecular weight excluding hydrogens is 332 g/mol. The molecule has 0 radical (unpaired) electrons. The minimum atomic E-state index is -2.90. The van der Waals surface area contributed by atoms with Crippen LogP contribution in [-0.2, 0) is 14.3 Å². The van der Waals surface area contributed by atoms with Gasteiger partial charge in [0, 0.05) is 30.6 Å². The van der Waals surface area contributed by atoms with E-state index >= 15 is 0 Å². The zero-order chi connectivity index (χ0) is 17.6. The first-order valence-electron chi connectivity index (χ1n) is 8.37. The Balaban J connectivity index is 1.62. The van der Waals surface area contributed by atoms with E-state index < -0.39 is 6.61 Å². The molecule has 7 heteroatoms. The number of amides is 1. The smallest absolute Gasteiger partial charge is 0.387 e. The lowest BCUT2D eigenvalue weighted by Gasteiger charge is -2.34. The largest absolute Gasteiger partial charge is 0.434 e. The first-order valence-corrected chi connectivity index (χ1v) is 8.37. The number of benzene rings is 1. The number of hydrogen-bond acceptors (Lipinski definition) is 4. The van der Waals surface area contributed by atoms with Gasteiger partial charge in [-0.25, -0.2) is 0 Å². The van der Waals surface area contributed by atoms with Crippen molar-refractivity contribution >= 4 is 12.0 Å². The maximum Gasteiger partial charge on any atom is 0.387 e. The average Bonchev–Trinajstić information content (AvgIpc) is 3.15. The van der Waals surface area contributed by atoms with Crippen LogP contribution in [0.5, 0.6) is 5.75 Å². The fraction of sp³-hybridized carbons (Fsp3) is 0.500. The maximum absolute atomic E-state index is 12.4. The summed E-state index contributed by atoms with van der Waals surface area (Å²) in [6.07, 6.45) is 4.51. The number of rotatable bonds is 5. The molecule has 2 aliphatic rings. The number of likely N-dealkylation sites (tertiary alicyclic amines) is 1. The Bertz CT molecular complexity index is 617. The molecule has 0 spiro atoms. The second kappa shape index (κ2) is 8.40. The fourth-order valence-electron chi connectivity index (χ4n) is 3.17. The molecule has 3 rings (SSSR count). The second-order valence-corrected chi connectivity index (χ2v) is 6.05. The van der Waals surface area contributed by atoms with Crippen LogP contribution in [-0.4, -0.2) is 50.0 Å². The Hall–Kier alpha value is -1.99. The summed E-state index contributed by atoms with van der Waals surface area (Å²) in [7, 11) is 0. The number of carbonyl (C=O) groups excluding carboxylic acids is 1. The number of piperidine rings is 1. The van der Waals surface area contributed by atoms with Gasteiger partial charge in [0.1, 0.15) is 5.75 Å². The lowest BCUT2D eigenvalue weighted by molar-refractivity contribution is -0.134. The summed E-state index contributed by atoms with van der Waals surface area (Å²) in [5.74, 6) is 0.0587. The van der Waals surface area contributed by atoms with Crippen molar-refractivity contribution in [2.75, 3.05) is 26.3 Å². The molecule has 0 saturated carbocycles. The van der Waals surface area contributed by atoms with E-state index in [9.17, 15) is 13.6 Å². The normalized spacial score (nSPS) is 22.0. The quantitative estimate of drug-likeness (QED) is 0.764. The number of para-hydroxylation sites is 1. The summed E-state index contributed by atoms with van der Waals surface area (Å²) < 4.78 is 40.4. The topological polar surface area (TPSA) is 48.0 Å². The van der Waals surface area contributed by atoms with Gasteiger partial charge in [0.25, 0.3) is 0 Å². The van der Waals surface area contributed by atoms with Crippen molar-refractivity contribution in [3.8, 4) is 5.75 Å². The average molecular weight is 353 g/mol. The summed E-state index contributed by atoms with van der Waals surface area (Å²) in [5.41, 5.74) is 0.437. The van der Waals surface area contributed by atoms with E-state index in [4.69, 9.17) is 9.47 Å². The van der Waals surface area contributed by atoms with E-state index in [1.807, 2.05) is 0 Å². The standard InChI is InChI=1S/C18H21F2NO4/c19-18(20)25-15-6-2-1-4-13(15)7-8-16(22)21-9-3-5-14(12-21)17-23-10-11-24-17/h1-2,4,6-8,14,17-18H,3,5,9-12H2/b8-7+. The van der Waals surface area contributed by atoms with E-state index in [1.54, 1.807) is 23.1 Å². The summed E-state index contributed by atoms with van der Waals surface area (Å²) in [4.78, 5) is 14.2. The van der Waals surface area contributed by atoms with Gasteiger partial charge >= 0.3 is 6.61 Å². The van der Waals surface area contributed by atoms with Gasteiger partial charge in [0.05, 0.1) is 13.2 Å². The fourth-order valence-corrected chi connectivity index (χ4v) is 3.17. The number of halogens is 2. The maximum atomic E-state index is 12.4. The molecule has 5 nitrogen and oxygen atoms in total. The first-order chi connectivity index (χ1) is 12.1. The van der Waals surface area contributed by atoms with Crippen LogP contribution in [0.3, 0.4) is 0 Å². The number of carbonyl (C=O) groups is 1. The van der Waals surface area contributed by atoms with Gasteiger partial charge in [-0.2, -0.15) is 8.78 Å². The summed E-state index contributed by atoms with van der Waals surface area (Å²) >= 11 is 0. The molecule has 2 fully saturated rings. The van der Waals surface area contributed by atoms with E-state index in [1.165, 1.54) is 18.2 Å². The lowest BCUT2D eigenvalue weighted by Crippen LogP contribution is -2.43. The minimum absolute atomic E-state index is 0.0471. The molecule has 1 amide bonds. The molecule has 136 valence electrons. The molecule has 1 atom stereocenters. The SMILES string of the molecule is O=C(/C=C/c1ccccc1OC(F)F)N1CCCC(C2OCCO2)C1. The van der Waals surface area contributed by atoms with Crippen molar-refractivity contribution in [3.63, 3.8) is 0 Å². The second-order valence-electron chi connectivity index (χ2n) is 6.05. The highest BCUT2D eigenvalue weighted by Crippen LogP contribution is 2.26. The van der Waals surface area contributed by atoms with Crippen molar-refractivity contribution in [1.82, 2.24) is 4.90 Å². The zero-order valence-corrected chi connectivity index (χ0v) is 13.8. The van der Waals surface area contributed by atoms with Gasteiger partial charge in [-0.1, -0.05) is 18.2 Å². The third-order valence-corrected chi connectivity index (χ3v) is 4.34. The van der Waals surface area contributed by atoms with E-state index in [2.05, 4.69) is 4.74 Å². The summed E-state index contributed by atoms with van der Waals surface area (Å²) in [5, 5.41) is 0. The molecule has 0 aliphatic carbocycles. The highest BCUT2D eigenvalue weighted by molar-refractivity contribution is 5.92. The van der Waals surface area contributed by atoms with Crippen LogP contribution in [0.2, 0.25) is 0 Å². The van der Waals surface area contributed by atoms with Crippen molar-refractivity contribution < 1.29 is 27.8 Å². The number of nitrogens with zero attached hydrogens (tertiary/aromatic N) is 1. The van der Waals surface area contributed by atoms with Crippen molar-refractivity contribution in [2.45, 2.75) is 25.7 Å². The van der Waals surface area contributed by atoms with Gasteiger partial charge in [0.2, 0.25) is 5.91 Å². The summed E-state index contributed by atoms with van der Waals surface area (Å²) in [6, 6.07) is 6.38. The van der Waals surface area contributed by atoms with Crippen LogP contribution in [0.15, 0.2) is 30.3 Å². The predicted octanol–water partition coefficient (Wildman–Crippen LogP) is 2.91. The molecule has 2 heterocycles. The van der Waals surface area contributed by atoms with Gasteiger partial charge in [0.15, 0.2) is 6.29 Å². The first kappa shape index (κ1) is 17.8. The Morgan fingerprint density at radius 3 is 2.80 bits per heavy atom. The molecule has 25 heavy (non-hydrogen) atoms. The van der Waals surface area contributed by atoms with Crippen LogP contribution in [0.4, 0.5) is 8.78 Å². The van der Waals surface area contributed by atoms with E-state index in [0.717, 1.165) is 12.8 Å². The number of ether oxygens (including phenoxy) is 3. The van der Waals surface area contributed by atoms with Crippen LogP contribution < -0.4 is 4.74 Å². The van der Waals surface area contributed by atoms with E-state index in [0.29, 0.717) is 31.9 Å². The molecule has 2 aliphatic heterocycles. The molecule has 0 N–H and O–H groups in total. The van der Waals surface area contributed by atoms with Gasteiger partial charge in [-0.3, -0.25) is 4.79 Å². The number of hydrogen-bond donors (Lipinski definition) is 0. The molecule has 0 bridgehead atoms. The van der Waals surface area contributed by atoms with Gasteiger partial charge in [-0.15, -0.1) is 0 Å². The van der Waals surface area contributed by atoms with Gasteiger partial charge in [-0.05, 0) is 25.0 Å². The number of alkyl halides is 2. The Morgan fingerprint density at radius 2 is 2.04 bits per heavy atom. The van der Waals surface area contributed by atoms with Crippen molar-refractivity contribution in [2.24, 2.45) is 5.92 Å². The Morgan fingerprint density at radius 1 is 1.28 bits per heavy atom. The Labute approximate surface area is 145 Å². The van der Waals surface area contributed by atoms with Crippen molar-refractivity contribution in [1.29, 1.82) is 0 Å². The monoisotopic (exact) mass is 353 g/mol. The molecule has 1 unspecified atom stereocenters. The van der Waals surface area contributed by atoms with Crippen LogP contribution in [0, 0.1) is 5.92 Å². The third-order valence-electron chi connectivity index (χ3n) is 4.34. The van der Waals surface area contributed by atoms with Crippen LogP contribution in [0.25, 0.3) is 6.08 Å². The van der Waals surface area contributed by atoms with E-state index in [-0.39, 0.29) is 23.9 Å². The molecule has 1 aromatic rings. The Kier molecular flexibility index (Phi) is 5.99. The summed E-state index contributed by atoms with van der Waals surface area (Å²) in [6.45, 7) is -0.476. The highest BCUT2D eigenvalue weighted by atomic mass is 19.3. The highest BCUT2D eigenvalue weighted by Gasteiger charge is 2.32.